The molecule has 1 fully saturated rings. The zero-order chi connectivity index (χ0) is 9.35. The smallest absolute Gasteiger partial charge is 0.237 e. The first kappa shape index (κ1) is 9.52. The molecule has 0 heterocycles. The molecule has 1 rings (SSSR count). The molecule has 0 aromatic carbocycles. The second-order valence-corrected chi connectivity index (χ2v) is 4.63. The van der Waals surface area contributed by atoms with Crippen LogP contribution in [0.3, 0.4) is 0 Å². The van der Waals surface area contributed by atoms with E-state index in [0.29, 0.717) is 6.04 Å². The van der Waals surface area contributed by atoms with E-state index in [4.69, 9.17) is 5.73 Å². The molecule has 3 N–H and O–H groups in total. The Balaban J connectivity index is 2.39. The van der Waals surface area contributed by atoms with E-state index in [1.54, 1.807) is 0 Å². The maximum Gasteiger partial charge on any atom is 0.237 e. The Morgan fingerprint density at radius 2 is 2.00 bits per heavy atom. The van der Waals surface area contributed by atoms with Crippen LogP contribution in [0, 0.1) is 5.41 Å². The summed E-state index contributed by atoms with van der Waals surface area (Å²) in [6.07, 6.45) is 2.23. The van der Waals surface area contributed by atoms with E-state index in [2.05, 4.69) is 5.32 Å². The SMILES string of the molecule is CC(C)(C)[C@H](N)C(=O)NC1CC1. The summed E-state index contributed by atoms with van der Waals surface area (Å²) in [5.74, 6) is -0.00926. The molecule has 0 aliphatic heterocycles. The summed E-state index contributed by atoms with van der Waals surface area (Å²) >= 11 is 0. The zero-order valence-corrected chi connectivity index (χ0v) is 8.05. The van der Waals surface area contributed by atoms with Crippen LogP contribution in [-0.4, -0.2) is 18.0 Å². The Morgan fingerprint density at radius 3 is 2.33 bits per heavy atom. The van der Waals surface area contributed by atoms with Crippen molar-refractivity contribution in [1.82, 2.24) is 5.32 Å². The zero-order valence-electron chi connectivity index (χ0n) is 8.05. The predicted molar refractivity (Wildman–Crippen MR) is 48.6 cm³/mol. The summed E-state index contributed by atoms with van der Waals surface area (Å²) in [6, 6.07) is 0.0176. The molecule has 1 aliphatic rings. The van der Waals surface area contributed by atoms with Crippen LogP contribution in [0.4, 0.5) is 0 Å². The number of hydrogen-bond donors (Lipinski definition) is 2. The first-order valence-corrected chi connectivity index (χ1v) is 4.47. The summed E-state index contributed by atoms with van der Waals surface area (Å²) in [5.41, 5.74) is 5.62. The quantitative estimate of drug-likeness (QED) is 0.639. The fourth-order valence-corrected chi connectivity index (χ4v) is 0.912. The fourth-order valence-electron chi connectivity index (χ4n) is 0.912. The van der Waals surface area contributed by atoms with Gasteiger partial charge in [0.2, 0.25) is 5.91 Å². The second-order valence-electron chi connectivity index (χ2n) is 4.63. The molecule has 0 unspecified atom stereocenters. The molecule has 0 aromatic heterocycles. The Hall–Kier alpha value is -0.570. The van der Waals surface area contributed by atoms with Gasteiger partial charge in [-0.1, -0.05) is 20.8 Å². The summed E-state index contributed by atoms with van der Waals surface area (Å²) in [6.45, 7) is 5.93. The third-order valence-electron chi connectivity index (χ3n) is 2.14. The van der Waals surface area contributed by atoms with Gasteiger partial charge in [0, 0.05) is 6.04 Å². The topological polar surface area (TPSA) is 55.1 Å². The molecule has 1 amide bonds. The van der Waals surface area contributed by atoms with Crippen molar-refractivity contribution in [3.05, 3.63) is 0 Å². The molecule has 1 aliphatic carbocycles. The highest BCUT2D eigenvalue weighted by atomic mass is 16.2. The van der Waals surface area contributed by atoms with E-state index in [0.717, 1.165) is 12.8 Å². The van der Waals surface area contributed by atoms with Crippen molar-refractivity contribution in [3.63, 3.8) is 0 Å². The van der Waals surface area contributed by atoms with E-state index in [1.165, 1.54) is 0 Å². The third kappa shape index (κ3) is 2.48. The van der Waals surface area contributed by atoms with Crippen LogP contribution in [0.2, 0.25) is 0 Å². The van der Waals surface area contributed by atoms with Gasteiger partial charge in [0.1, 0.15) is 0 Å². The Morgan fingerprint density at radius 1 is 1.50 bits per heavy atom. The van der Waals surface area contributed by atoms with Gasteiger partial charge >= 0.3 is 0 Å². The fraction of sp³-hybridized carbons (Fsp3) is 0.889. The third-order valence-corrected chi connectivity index (χ3v) is 2.14. The predicted octanol–water partition coefficient (Wildman–Crippen LogP) is 0.638. The molecule has 0 saturated heterocycles. The van der Waals surface area contributed by atoms with Crippen molar-refractivity contribution in [2.75, 3.05) is 0 Å². The first-order chi connectivity index (χ1) is 5.41. The summed E-state index contributed by atoms with van der Waals surface area (Å²) in [4.78, 5) is 11.4. The lowest BCUT2D eigenvalue weighted by atomic mass is 9.87. The standard InChI is InChI=1S/C9H18N2O/c1-9(2,3)7(10)8(12)11-6-4-5-6/h6-7H,4-5,10H2,1-3H3,(H,11,12)/t7-/m1/s1. The van der Waals surface area contributed by atoms with Crippen molar-refractivity contribution >= 4 is 5.91 Å². The summed E-state index contributed by atoms with van der Waals surface area (Å²) < 4.78 is 0. The Bertz CT molecular complexity index is 179. The minimum atomic E-state index is -0.391. The van der Waals surface area contributed by atoms with Gasteiger partial charge in [-0.2, -0.15) is 0 Å². The van der Waals surface area contributed by atoms with Crippen LogP contribution in [-0.2, 0) is 4.79 Å². The number of carbonyl (C=O) groups excluding carboxylic acids is 1. The first-order valence-electron chi connectivity index (χ1n) is 4.47. The van der Waals surface area contributed by atoms with Gasteiger partial charge in [-0.25, -0.2) is 0 Å². The lowest BCUT2D eigenvalue weighted by molar-refractivity contribution is -0.124. The minimum Gasteiger partial charge on any atom is -0.352 e. The number of hydrogen-bond acceptors (Lipinski definition) is 2. The van der Waals surface area contributed by atoms with Crippen molar-refractivity contribution in [1.29, 1.82) is 0 Å². The average molecular weight is 170 g/mol. The maximum atomic E-state index is 11.4. The van der Waals surface area contributed by atoms with E-state index in [1.807, 2.05) is 20.8 Å². The number of nitrogens with two attached hydrogens (primary N) is 1. The van der Waals surface area contributed by atoms with Crippen molar-refractivity contribution in [3.8, 4) is 0 Å². The molecule has 3 nitrogen and oxygen atoms in total. The average Bonchev–Trinajstić information content (AvgIpc) is 2.68. The second kappa shape index (κ2) is 3.05. The molecule has 1 saturated carbocycles. The van der Waals surface area contributed by atoms with Crippen LogP contribution >= 0.6 is 0 Å². The molecule has 70 valence electrons. The molecule has 12 heavy (non-hydrogen) atoms. The Labute approximate surface area is 73.7 Å². The molecular formula is C9H18N2O. The number of carbonyl (C=O) groups is 1. The Kier molecular flexibility index (Phi) is 2.42. The van der Waals surface area contributed by atoms with Gasteiger partial charge in [-0.05, 0) is 18.3 Å². The van der Waals surface area contributed by atoms with Crippen molar-refractivity contribution < 1.29 is 4.79 Å². The monoisotopic (exact) mass is 170 g/mol. The molecule has 1 atom stereocenters. The maximum absolute atomic E-state index is 11.4. The van der Waals surface area contributed by atoms with Crippen LogP contribution in [0.5, 0.6) is 0 Å². The lowest BCUT2D eigenvalue weighted by Crippen LogP contribution is -2.49. The summed E-state index contributed by atoms with van der Waals surface area (Å²) in [5, 5.41) is 2.90. The van der Waals surface area contributed by atoms with E-state index < -0.39 is 6.04 Å². The van der Waals surface area contributed by atoms with Gasteiger partial charge in [0.05, 0.1) is 6.04 Å². The van der Waals surface area contributed by atoms with Crippen LogP contribution < -0.4 is 11.1 Å². The normalized spacial score (nSPS) is 20.3. The highest BCUT2D eigenvalue weighted by molar-refractivity contribution is 5.82. The number of amides is 1. The van der Waals surface area contributed by atoms with Gasteiger partial charge < -0.3 is 11.1 Å². The largest absolute Gasteiger partial charge is 0.352 e. The van der Waals surface area contributed by atoms with Crippen molar-refractivity contribution in [2.24, 2.45) is 11.1 Å². The number of rotatable bonds is 2. The van der Waals surface area contributed by atoms with Crippen LogP contribution in [0.25, 0.3) is 0 Å². The van der Waals surface area contributed by atoms with E-state index >= 15 is 0 Å². The number of nitrogens with one attached hydrogen (secondary N) is 1. The molecule has 0 radical (unpaired) electrons. The highest BCUT2D eigenvalue weighted by Crippen LogP contribution is 2.21. The summed E-state index contributed by atoms with van der Waals surface area (Å²) in [7, 11) is 0. The van der Waals surface area contributed by atoms with Gasteiger partial charge in [0.25, 0.3) is 0 Å². The molecule has 0 aromatic rings. The van der Waals surface area contributed by atoms with Crippen LogP contribution in [0.1, 0.15) is 33.6 Å². The van der Waals surface area contributed by atoms with Gasteiger partial charge in [0.15, 0.2) is 0 Å². The molecule has 0 spiro atoms. The molecule has 0 bridgehead atoms. The molecule has 3 heteroatoms. The van der Waals surface area contributed by atoms with E-state index in [9.17, 15) is 4.79 Å². The van der Waals surface area contributed by atoms with Crippen molar-refractivity contribution in [2.45, 2.75) is 45.7 Å². The highest BCUT2D eigenvalue weighted by Gasteiger charge is 2.31. The lowest BCUT2D eigenvalue weighted by Gasteiger charge is -2.25. The minimum absolute atomic E-state index is 0.00926. The molecular weight excluding hydrogens is 152 g/mol. The van der Waals surface area contributed by atoms with E-state index in [-0.39, 0.29) is 11.3 Å². The van der Waals surface area contributed by atoms with Gasteiger partial charge in [-0.15, -0.1) is 0 Å². The van der Waals surface area contributed by atoms with Gasteiger partial charge in [-0.3, -0.25) is 4.79 Å². The van der Waals surface area contributed by atoms with Crippen LogP contribution in [0.15, 0.2) is 0 Å².